The van der Waals surface area contributed by atoms with Gasteiger partial charge >= 0.3 is 17.9 Å². The third kappa shape index (κ3) is 72.8. The van der Waals surface area contributed by atoms with E-state index < -0.39 is 18.4 Å². The predicted octanol–water partition coefficient (Wildman–Crippen LogP) is 24.7. The first-order valence-corrected chi connectivity index (χ1v) is 39.2. The molecule has 2 atom stereocenters. The van der Waals surface area contributed by atoms with Crippen LogP contribution in [0.4, 0.5) is 0 Å². The van der Waals surface area contributed by atoms with Crippen LogP contribution in [-0.2, 0) is 33.3 Å². The third-order valence-electron chi connectivity index (χ3n) is 17.9. The molecule has 9 nitrogen and oxygen atoms in total. The molecular formula is C80H152NO8+. The molecule has 0 saturated carbocycles. The van der Waals surface area contributed by atoms with E-state index in [4.69, 9.17) is 18.9 Å². The van der Waals surface area contributed by atoms with E-state index in [1.165, 1.54) is 327 Å². The minimum Gasteiger partial charge on any atom is -0.477 e. The first-order valence-electron chi connectivity index (χ1n) is 39.2. The monoisotopic (exact) mass is 1260 g/mol. The molecule has 9 heteroatoms. The third-order valence-corrected chi connectivity index (χ3v) is 17.9. The van der Waals surface area contributed by atoms with Crippen molar-refractivity contribution in [2.24, 2.45) is 0 Å². The number of aliphatic carboxylic acids is 1. The lowest BCUT2D eigenvalue weighted by molar-refractivity contribution is -0.870. The van der Waals surface area contributed by atoms with Crippen molar-refractivity contribution in [2.75, 3.05) is 47.5 Å². The van der Waals surface area contributed by atoms with E-state index >= 15 is 0 Å². The molecule has 2 unspecified atom stereocenters. The fraction of sp³-hybridized carbons (Fsp3) is 0.887. The van der Waals surface area contributed by atoms with Gasteiger partial charge in [-0.1, -0.05) is 352 Å². The van der Waals surface area contributed by atoms with E-state index in [9.17, 15) is 19.5 Å². The van der Waals surface area contributed by atoms with E-state index in [-0.39, 0.29) is 38.2 Å². The van der Waals surface area contributed by atoms with Crippen molar-refractivity contribution in [1.82, 2.24) is 0 Å². The van der Waals surface area contributed by atoms with E-state index in [1.54, 1.807) is 0 Å². The number of hydrogen-bond acceptors (Lipinski definition) is 7. The summed E-state index contributed by atoms with van der Waals surface area (Å²) in [5.74, 6) is -1.98. The van der Waals surface area contributed by atoms with Gasteiger partial charge in [0.25, 0.3) is 6.29 Å². The number of likely N-dealkylation sites (N-methyl/N-ethyl adjacent to an activating group) is 1. The molecule has 0 saturated heterocycles. The van der Waals surface area contributed by atoms with E-state index in [1.807, 2.05) is 21.1 Å². The molecule has 0 amide bonds. The number of nitrogens with zero attached hydrogens (tertiary/aromatic N) is 1. The van der Waals surface area contributed by atoms with Crippen LogP contribution in [0.2, 0.25) is 0 Å². The van der Waals surface area contributed by atoms with Crippen molar-refractivity contribution < 1.29 is 42.9 Å². The Labute approximate surface area is 553 Å². The summed E-state index contributed by atoms with van der Waals surface area (Å²) in [7, 11) is 5.99. The quantitative estimate of drug-likeness (QED) is 0.0211. The Bertz CT molecular complexity index is 1550. The van der Waals surface area contributed by atoms with Crippen molar-refractivity contribution in [3.63, 3.8) is 0 Å². The van der Waals surface area contributed by atoms with Crippen molar-refractivity contribution in [2.45, 2.75) is 411 Å². The summed E-state index contributed by atoms with van der Waals surface area (Å²) < 4.78 is 23.0. The Hall–Kier alpha value is -2.49. The first kappa shape index (κ1) is 86.5. The zero-order valence-corrected chi connectivity index (χ0v) is 60.1. The predicted molar refractivity (Wildman–Crippen MR) is 383 cm³/mol. The van der Waals surface area contributed by atoms with Crippen LogP contribution in [0.1, 0.15) is 399 Å². The number of unbranched alkanes of at least 4 members (excludes halogenated alkanes) is 53. The SMILES string of the molecule is CCCCCCC/C=C\C/C=C\CCCCCCCCCCCCCCCC(=O)OC(COC(=O)CCCCCCCCCCCCCCCCCCCCCCCCCCCCC/C=C\CCCCCCCCCC)COC(OCC[N+](C)(C)C)C(=O)O. The first-order chi connectivity index (χ1) is 43.6. The van der Waals surface area contributed by atoms with Crippen LogP contribution in [0.5, 0.6) is 0 Å². The Kier molecular flexibility index (Phi) is 69.4. The second-order valence-corrected chi connectivity index (χ2v) is 28.0. The molecule has 0 rings (SSSR count). The van der Waals surface area contributed by atoms with Gasteiger partial charge in [-0.15, -0.1) is 0 Å². The zero-order valence-electron chi connectivity index (χ0n) is 60.1. The molecule has 0 fully saturated rings. The number of carboxylic acid groups (broad SMARTS) is 1. The van der Waals surface area contributed by atoms with Gasteiger partial charge < -0.3 is 28.5 Å². The molecule has 0 aliphatic carbocycles. The lowest BCUT2D eigenvalue weighted by Crippen LogP contribution is -2.40. The highest BCUT2D eigenvalue weighted by atomic mass is 16.7. The smallest absolute Gasteiger partial charge is 0.361 e. The van der Waals surface area contributed by atoms with E-state index in [0.717, 1.165) is 44.9 Å². The van der Waals surface area contributed by atoms with Gasteiger partial charge in [-0.2, -0.15) is 0 Å². The van der Waals surface area contributed by atoms with Gasteiger partial charge in [0, 0.05) is 12.8 Å². The maximum absolute atomic E-state index is 13.0. The highest BCUT2D eigenvalue weighted by Crippen LogP contribution is 2.19. The van der Waals surface area contributed by atoms with Gasteiger partial charge in [-0.3, -0.25) is 9.59 Å². The molecule has 0 aliphatic rings. The van der Waals surface area contributed by atoms with Crippen LogP contribution in [0.15, 0.2) is 36.5 Å². The number of carbonyl (C=O) groups is 3. The lowest BCUT2D eigenvalue weighted by Gasteiger charge is -2.25. The van der Waals surface area contributed by atoms with Gasteiger partial charge in [0.2, 0.25) is 0 Å². The topological polar surface area (TPSA) is 108 Å². The van der Waals surface area contributed by atoms with Crippen LogP contribution >= 0.6 is 0 Å². The summed E-state index contributed by atoms with van der Waals surface area (Å²) in [6.07, 6.45) is 88.7. The summed E-state index contributed by atoms with van der Waals surface area (Å²) in [4.78, 5) is 37.7. The van der Waals surface area contributed by atoms with Crippen molar-refractivity contribution in [3.05, 3.63) is 36.5 Å². The van der Waals surface area contributed by atoms with Crippen molar-refractivity contribution >= 4 is 17.9 Å². The molecule has 0 heterocycles. The molecule has 0 bridgehead atoms. The molecule has 0 radical (unpaired) electrons. The highest BCUT2D eigenvalue weighted by Gasteiger charge is 2.25. The Morgan fingerprint density at radius 3 is 0.899 bits per heavy atom. The molecule has 0 aromatic rings. The zero-order chi connectivity index (χ0) is 64.7. The second-order valence-electron chi connectivity index (χ2n) is 28.0. The average Bonchev–Trinajstić information content (AvgIpc) is 3.64. The van der Waals surface area contributed by atoms with Gasteiger partial charge in [0.05, 0.1) is 34.4 Å². The normalized spacial score (nSPS) is 12.8. The Morgan fingerprint density at radius 1 is 0.337 bits per heavy atom. The average molecular weight is 1260 g/mol. The Morgan fingerprint density at radius 2 is 0.607 bits per heavy atom. The molecule has 1 N–H and O–H groups in total. The second kappa shape index (κ2) is 71.4. The maximum Gasteiger partial charge on any atom is 0.361 e. The van der Waals surface area contributed by atoms with Crippen molar-refractivity contribution in [3.8, 4) is 0 Å². The molecule has 0 aromatic carbocycles. The molecular weight excluding hydrogens is 1100 g/mol. The maximum atomic E-state index is 13.0. The minimum atomic E-state index is -1.51. The van der Waals surface area contributed by atoms with Crippen LogP contribution in [0, 0.1) is 0 Å². The van der Waals surface area contributed by atoms with Crippen LogP contribution < -0.4 is 0 Å². The lowest BCUT2D eigenvalue weighted by atomic mass is 10.0. The summed E-state index contributed by atoms with van der Waals surface area (Å²) in [6.45, 7) is 4.94. The summed E-state index contributed by atoms with van der Waals surface area (Å²) >= 11 is 0. The number of quaternary nitrogens is 1. The van der Waals surface area contributed by atoms with Crippen molar-refractivity contribution in [1.29, 1.82) is 0 Å². The largest absolute Gasteiger partial charge is 0.477 e. The Balaban J connectivity index is 3.94. The van der Waals surface area contributed by atoms with Crippen LogP contribution in [0.3, 0.4) is 0 Å². The highest BCUT2D eigenvalue weighted by molar-refractivity contribution is 5.71. The number of esters is 2. The van der Waals surface area contributed by atoms with Gasteiger partial charge in [0.15, 0.2) is 6.10 Å². The number of ether oxygens (including phenoxy) is 4. The molecule has 0 aliphatic heterocycles. The molecule has 0 aromatic heterocycles. The fourth-order valence-electron chi connectivity index (χ4n) is 11.9. The molecule has 524 valence electrons. The van der Waals surface area contributed by atoms with E-state index in [0.29, 0.717) is 17.4 Å². The summed E-state index contributed by atoms with van der Waals surface area (Å²) in [5.41, 5.74) is 0. The summed E-state index contributed by atoms with van der Waals surface area (Å²) in [5, 5.41) is 9.76. The standard InChI is InChI=1S/C80H151NO8/c1-6-8-10-12-14-16-18-20-22-24-26-28-30-32-33-34-35-36-37-38-39-40-41-42-43-44-45-47-48-50-52-54-56-58-60-62-64-66-68-70-77(82)87-74-76(75-88-80(79(84)85)86-73-72-81(3,4)5)89-78(83)71-69-67-65-63-61-59-57-55-53-51-49-46-31-29-27-25-23-21-19-17-15-13-11-9-7-2/h19,21,24-27,76,80H,6-18,20,22-23,28-75H2,1-5H3/p+1/b21-19-,26-24-,27-25-. The van der Waals surface area contributed by atoms with Gasteiger partial charge in [-0.25, -0.2) is 4.79 Å². The van der Waals surface area contributed by atoms with Gasteiger partial charge in [0.1, 0.15) is 13.2 Å². The molecule has 89 heavy (non-hydrogen) atoms. The number of rotatable bonds is 74. The molecule has 0 spiro atoms. The van der Waals surface area contributed by atoms with Crippen LogP contribution in [-0.4, -0.2) is 87.4 Å². The minimum absolute atomic E-state index is 0.177. The number of carboxylic acids is 1. The van der Waals surface area contributed by atoms with Gasteiger partial charge in [-0.05, 0) is 70.6 Å². The van der Waals surface area contributed by atoms with E-state index in [2.05, 4.69) is 50.3 Å². The number of hydrogen-bond donors (Lipinski definition) is 1. The fourth-order valence-corrected chi connectivity index (χ4v) is 11.9. The number of allylic oxidation sites excluding steroid dienone is 6. The number of carbonyl (C=O) groups excluding carboxylic acids is 2. The summed E-state index contributed by atoms with van der Waals surface area (Å²) in [6, 6.07) is 0. The van der Waals surface area contributed by atoms with Crippen LogP contribution in [0.25, 0.3) is 0 Å².